The molecule has 4 nitrogen and oxygen atoms in total. The van der Waals surface area contributed by atoms with Crippen LogP contribution in [-0.4, -0.2) is 48.7 Å². The third kappa shape index (κ3) is 3.94. The van der Waals surface area contributed by atoms with E-state index in [1.54, 1.807) is 4.90 Å². The summed E-state index contributed by atoms with van der Waals surface area (Å²) in [6, 6.07) is 1.77. The Labute approximate surface area is 129 Å². The molecule has 22 heavy (non-hydrogen) atoms. The molecule has 2 rings (SSSR count). The second kappa shape index (κ2) is 7.54. The Morgan fingerprint density at radius 1 is 1.18 bits per heavy atom. The first-order valence-corrected chi connectivity index (χ1v) is 7.72. The summed E-state index contributed by atoms with van der Waals surface area (Å²) in [7, 11) is 0. The third-order valence-corrected chi connectivity index (χ3v) is 4.02. The fourth-order valence-corrected chi connectivity index (χ4v) is 2.76. The number of carboxylic acid groups (broad SMARTS) is 1. The van der Waals surface area contributed by atoms with E-state index in [9.17, 15) is 13.6 Å². The van der Waals surface area contributed by atoms with Crippen molar-refractivity contribution in [2.24, 2.45) is 0 Å². The summed E-state index contributed by atoms with van der Waals surface area (Å²) >= 11 is 0. The number of nitrogens with zero attached hydrogens (tertiary/aromatic N) is 2. The number of rotatable bonds is 5. The van der Waals surface area contributed by atoms with Gasteiger partial charge in [-0.3, -0.25) is 0 Å². The number of hydrogen-bond acceptors (Lipinski definition) is 3. The van der Waals surface area contributed by atoms with Gasteiger partial charge in [-0.1, -0.05) is 13.3 Å². The average Bonchev–Trinajstić information content (AvgIpc) is 2.72. The maximum Gasteiger partial charge on any atom is 0.338 e. The van der Waals surface area contributed by atoms with Crippen LogP contribution in [0.15, 0.2) is 12.1 Å². The van der Waals surface area contributed by atoms with Crippen molar-refractivity contribution in [1.29, 1.82) is 0 Å². The molecule has 0 radical (unpaired) electrons. The van der Waals surface area contributed by atoms with Crippen molar-refractivity contribution < 1.29 is 18.7 Å². The van der Waals surface area contributed by atoms with Crippen LogP contribution < -0.4 is 4.90 Å². The number of unbranched alkanes of at least 4 members (excludes halogenated alkanes) is 1. The third-order valence-electron chi connectivity index (χ3n) is 4.02. The van der Waals surface area contributed by atoms with E-state index in [1.807, 2.05) is 0 Å². The van der Waals surface area contributed by atoms with Crippen LogP contribution >= 0.6 is 0 Å². The highest BCUT2D eigenvalue weighted by atomic mass is 19.1. The van der Waals surface area contributed by atoms with Crippen LogP contribution in [0.25, 0.3) is 0 Å². The molecule has 0 atom stereocenters. The molecule has 1 fully saturated rings. The first kappa shape index (κ1) is 16.7. The van der Waals surface area contributed by atoms with Gasteiger partial charge in [-0.2, -0.15) is 0 Å². The van der Waals surface area contributed by atoms with Gasteiger partial charge in [-0.05, 0) is 32.0 Å². The Balaban J connectivity index is 2.11. The number of benzene rings is 1. The van der Waals surface area contributed by atoms with E-state index in [4.69, 9.17) is 5.11 Å². The van der Waals surface area contributed by atoms with Crippen molar-refractivity contribution in [2.45, 2.75) is 26.2 Å². The van der Waals surface area contributed by atoms with Crippen LogP contribution in [0, 0.1) is 11.6 Å². The van der Waals surface area contributed by atoms with E-state index < -0.39 is 23.2 Å². The highest BCUT2D eigenvalue weighted by Gasteiger charge is 2.21. The van der Waals surface area contributed by atoms with Crippen molar-refractivity contribution >= 4 is 11.7 Å². The van der Waals surface area contributed by atoms with Gasteiger partial charge in [0.1, 0.15) is 11.6 Å². The molecule has 1 saturated heterocycles. The second-order valence-electron chi connectivity index (χ2n) is 5.62. The van der Waals surface area contributed by atoms with E-state index in [0.717, 1.165) is 51.0 Å². The molecular formula is C16H22F2N2O2. The normalized spacial score (nSPS) is 16.6. The zero-order valence-electron chi connectivity index (χ0n) is 12.8. The molecule has 1 aliphatic rings. The van der Waals surface area contributed by atoms with Crippen molar-refractivity contribution in [2.75, 3.05) is 37.6 Å². The first-order valence-electron chi connectivity index (χ1n) is 7.72. The highest BCUT2D eigenvalue weighted by molar-refractivity contribution is 5.88. The van der Waals surface area contributed by atoms with Crippen molar-refractivity contribution in [3.05, 3.63) is 29.3 Å². The zero-order valence-corrected chi connectivity index (χ0v) is 12.8. The van der Waals surface area contributed by atoms with Gasteiger partial charge >= 0.3 is 5.97 Å². The molecule has 122 valence electrons. The largest absolute Gasteiger partial charge is 0.478 e. The van der Waals surface area contributed by atoms with E-state index in [0.29, 0.717) is 13.1 Å². The number of anilines is 1. The Morgan fingerprint density at radius 2 is 1.95 bits per heavy atom. The SMILES string of the molecule is CCCCN1CCCN(c2cc(F)c(C(=O)O)cc2F)CC1. The van der Waals surface area contributed by atoms with Gasteiger partial charge in [-0.25, -0.2) is 13.6 Å². The summed E-state index contributed by atoms with van der Waals surface area (Å²) in [5.74, 6) is -3.03. The monoisotopic (exact) mass is 312 g/mol. The molecule has 0 spiro atoms. The number of halogens is 2. The predicted molar refractivity (Wildman–Crippen MR) is 81.5 cm³/mol. The van der Waals surface area contributed by atoms with E-state index in [1.165, 1.54) is 0 Å². The van der Waals surface area contributed by atoms with Crippen LogP contribution in [0.5, 0.6) is 0 Å². The van der Waals surface area contributed by atoms with Crippen molar-refractivity contribution in [3.8, 4) is 0 Å². The van der Waals surface area contributed by atoms with E-state index in [-0.39, 0.29) is 5.69 Å². The minimum absolute atomic E-state index is 0.153. The number of hydrogen-bond donors (Lipinski definition) is 1. The van der Waals surface area contributed by atoms with Gasteiger partial charge in [0, 0.05) is 25.7 Å². The molecule has 0 unspecified atom stereocenters. The van der Waals surface area contributed by atoms with Crippen LogP contribution in [0.1, 0.15) is 36.5 Å². The summed E-state index contributed by atoms with van der Waals surface area (Å²) < 4.78 is 27.9. The van der Waals surface area contributed by atoms with Gasteiger partial charge in [0.25, 0.3) is 0 Å². The molecule has 0 aromatic heterocycles. The zero-order chi connectivity index (χ0) is 16.1. The lowest BCUT2D eigenvalue weighted by atomic mass is 10.1. The standard InChI is InChI=1S/C16H22F2N2O2/c1-2-3-5-19-6-4-7-20(9-8-19)15-11-13(17)12(16(21)22)10-14(15)18/h10-11H,2-9H2,1H3,(H,21,22). The first-order chi connectivity index (χ1) is 10.5. The smallest absolute Gasteiger partial charge is 0.338 e. The molecule has 0 amide bonds. The number of carbonyl (C=O) groups is 1. The van der Waals surface area contributed by atoms with Crippen LogP contribution in [0.2, 0.25) is 0 Å². The maximum absolute atomic E-state index is 14.1. The Bertz CT molecular complexity index is 537. The lowest BCUT2D eigenvalue weighted by Crippen LogP contribution is -2.31. The second-order valence-corrected chi connectivity index (χ2v) is 5.62. The minimum Gasteiger partial charge on any atom is -0.478 e. The summed E-state index contributed by atoms with van der Waals surface area (Å²) in [4.78, 5) is 15.0. The molecule has 0 aliphatic carbocycles. The number of aromatic carboxylic acids is 1. The van der Waals surface area contributed by atoms with Gasteiger partial charge < -0.3 is 14.9 Å². The van der Waals surface area contributed by atoms with Crippen LogP contribution in [0.3, 0.4) is 0 Å². The summed E-state index contributed by atoms with van der Waals surface area (Å²) in [6.07, 6.45) is 3.15. The van der Waals surface area contributed by atoms with Crippen LogP contribution in [-0.2, 0) is 0 Å². The van der Waals surface area contributed by atoms with Gasteiger partial charge in [-0.15, -0.1) is 0 Å². The Morgan fingerprint density at radius 3 is 2.64 bits per heavy atom. The summed E-state index contributed by atoms with van der Waals surface area (Å²) in [5, 5.41) is 8.83. The van der Waals surface area contributed by atoms with Crippen LogP contribution in [0.4, 0.5) is 14.5 Å². The number of carboxylic acids is 1. The maximum atomic E-state index is 14.1. The highest BCUT2D eigenvalue weighted by Crippen LogP contribution is 2.24. The van der Waals surface area contributed by atoms with Crippen molar-refractivity contribution in [3.63, 3.8) is 0 Å². The van der Waals surface area contributed by atoms with Gasteiger partial charge in [0.05, 0.1) is 11.3 Å². The molecule has 1 aromatic carbocycles. The van der Waals surface area contributed by atoms with E-state index in [2.05, 4.69) is 11.8 Å². The summed E-state index contributed by atoms with van der Waals surface area (Å²) in [5.41, 5.74) is -0.472. The fourth-order valence-electron chi connectivity index (χ4n) is 2.76. The lowest BCUT2D eigenvalue weighted by Gasteiger charge is -2.24. The predicted octanol–water partition coefficient (Wildman–Crippen LogP) is 2.98. The minimum atomic E-state index is -1.45. The molecule has 0 saturated carbocycles. The average molecular weight is 312 g/mol. The molecule has 1 heterocycles. The molecule has 1 aliphatic heterocycles. The Kier molecular flexibility index (Phi) is 5.71. The van der Waals surface area contributed by atoms with E-state index >= 15 is 0 Å². The molecule has 1 aromatic rings. The Hall–Kier alpha value is -1.69. The fraction of sp³-hybridized carbons (Fsp3) is 0.562. The molecule has 1 N–H and O–H groups in total. The van der Waals surface area contributed by atoms with Crippen molar-refractivity contribution in [1.82, 2.24) is 4.90 Å². The molecule has 6 heteroatoms. The summed E-state index contributed by atoms with van der Waals surface area (Å²) in [6.45, 7) is 6.19. The van der Waals surface area contributed by atoms with Gasteiger partial charge in [0.15, 0.2) is 0 Å². The molecule has 0 bridgehead atoms. The quantitative estimate of drug-likeness (QED) is 0.908. The molecular weight excluding hydrogens is 290 g/mol. The van der Waals surface area contributed by atoms with Gasteiger partial charge in [0.2, 0.25) is 0 Å². The lowest BCUT2D eigenvalue weighted by molar-refractivity contribution is 0.0691. The topological polar surface area (TPSA) is 43.8 Å².